The Labute approximate surface area is 205 Å². The Hall–Kier alpha value is -3.45. The third-order valence-corrected chi connectivity index (χ3v) is 7.04. The van der Waals surface area contributed by atoms with E-state index in [1.807, 2.05) is 58.2 Å². The molecule has 2 aromatic heterocycles. The van der Waals surface area contributed by atoms with Gasteiger partial charge in [-0.15, -0.1) is 5.10 Å². The van der Waals surface area contributed by atoms with E-state index in [0.29, 0.717) is 12.3 Å². The lowest BCUT2D eigenvalue weighted by Crippen LogP contribution is -2.51. The fourth-order valence-electron chi connectivity index (χ4n) is 4.75. The van der Waals surface area contributed by atoms with Crippen LogP contribution in [0.15, 0.2) is 75.8 Å². The molecule has 3 aromatic carbocycles. The minimum Gasteiger partial charge on any atom is -0.456 e. The van der Waals surface area contributed by atoms with Crippen molar-refractivity contribution in [3.63, 3.8) is 0 Å². The van der Waals surface area contributed by atoms with Gasteiger partial charge in [0.1, 0.15) is 11.2 Å². The zero-order chi connectivity index (χ0) is 23.2. The van der Waals surface area contributed by atoms with Crippen LogP contribution in [0.3, 0.4) is 0 Å². The first-order chi connectivity index (χ1) is 16.5. The number of hydrogen-bond donors (Lipinski definition) is 0. The quantitative estimate of drug-likeness (QED) is 0.311. The number of carbonyl (C=O) groups excluding carboxylic acids is 1. The Balaban J connectivity index is 1.07. The molecule has 0 atom stereocenters. The third kappa shape index (κ3) is 3.90. The average Bonchev–Trinajstić information content (AvgIpc) is 3.40. The molecule has 0 saturated carbocycles. The number of likely N-dealkylation sites (tertiary alicyclic amines) is 1. The van der Waals surface area contributed by atoms with E-state index in [-0.39, 0.29) is 5.91 Å². The largest absolute Gasteiger partial charge is 0.456 e. The molecule has 34 heavy (non-hydrogen) atoms. The van der Waals surface area contributed by atoms with Gasteiger partial charge in [-0.05, 0) is 66.8 Å². The maximum atomic E-state index is 12.9. The summed E-state index contributed by atoms with van der Waals surface area (Å²) in [6.07, 6.45) is 3.22. The maximum absolute atomic E-state index is 12.9. The first-order valence-corrected chi connectivity index (χ1v) is 12.2. The highest BCUT2D eigenvalue weighted by Gasteiger charge is 2.31. The molecule has 6 rings (SSSR count). The van der Waals surface area contributed by atoms with Crippen molar-refractivity contribution in [2.24, 2.45) is 5.92 Å². The van der Waals surface area contributed by atoms with Crippen LogP contribution in [0.2, 0.25) is 0 Å². The van der Waals surface area contributed by atoms with Gasteiger partial charge in [-0.25, -0.2) is 4.68 Å². The summed E-state index contributed by atoms with van der Waals surface area (Å²) in [6.45, 7) is 3.59. The first-order valence-electron chi connectivity index (χ1n) is 11.4. The molecule has 5 aromatic rings. The summed E-state index contributed by atoms with van der Waals surface area (Å²) in [6, 6.07) is 20.1. The topological polar surface area (TPSA) is 64.2 Å². The molecule has 0 N–H and O–H groups in total. The van der Waals surface area contributed by atoms with Crippen molar-refractivity contribution >= 4 is 43.8 Å². The molecule has 0 aliphatic carbocycles. The van der Waals surface area contributed by atoms with E-state index in [1.54, 1.807) is 0 Å². The van der Waals surface area contributed by atoms with Gasteiger partial charge in [0.25, 0.3) is 0 Å². The smallest absolute Gasteiger partial charge is 0.227 e. The molecule has 3 heterocycles. The molecule has 1 aliphatic heterocycles. The summed E-state index contributed by atoms with van der Waals surface area (Å²) in [7, 11) is 0. The van der Waals surface area contributed by atoms with Crippen molar-refractivity contribution in [2.45, 2.75) is 19.8 Å². The molecule has 0 unspecified atom stereocenters. The number of halogens is 1. The lowest BCUT2D eigenvalue weighted by atomic mass is 9.94. The van der Waals surface area contributed by atoms with Gasteiger partial charge < -0.3 is 9.32 Å². The molecule has 1 fully saturated rings. The van der Waals surface area contributed by atoms with Crippen LogP contribution in [-0.2, 0) is 17.6 Å². The number of rotatable bonds is 5. The van der Waals surface area contributed by atoms with Gasteiger partial charge in [-0.2, -0.15) is 0 Å². The summed E-state index contributed by atoms with van der Waals surface area (Å²) >= 11 is 3.50. The van der Waals surface area contributed by atoms with Crippen LogP contribution in [0.4, 0.5) is 0 Å². The van der Waals surface area contributed by atoms with Crippen LogP contribution in [0.25, 0.3) is 27.6 Å². The summed E-state index contributed by atoms with van der Waals surface area (Å²) in [5, 5.41) is 10.8. The molecule has 0 bridgehead atoms. The zero-order valence-corrected chi connectivity index (χ0v) is 20.3. The normalized spacial score (nSPS) is 14.1. The Morgan fingerprint density at radius 3 is 2.74 bits per heavy atom. The number of amides is 1. The number of furan rings is 1. The molecule has 0 radical (unpaired) electrons. The lowest BCUT2D eigenvalue weighted by Gasteiger charge is -2.39. The van der Waals surface area contributed by atoms with Gasteiger partial charge in [0.2, 0.25) is 5.91 Å². The van der Waals surface area contributed by atoms with E-state index in [0.717, 1.165) is 68.4 Å². The molecule has 6 nitrogen and oxygen atoms in total. The van der Waals surface area contributed by atoms with Crippen LogP contribution in [0.1, 0.15) is 16.8 Å². The van der Waals surface area contributed by atoms with Gasteiger partial charge in [0, 0.05) is 28.3 Å². The summed E-state index contributed by atoms with van der Waals surface area (Å²) < 4.78 is 8.77. The van der Waals surface area contributed by atoms with E-state index in [4.69, 9.17) is 4.42 Å². The van der Waals surface area contributed by atoms with E-state index in [9.17, 15) is 4.79 Å². The number of carbonyl (C=O) groups is 1. The molecule has 1 aliphatic rings. The van der Waals surface area contributed by atoms with Crippen LogP contribution in [0.5, 0.6) is 0 Å². The highest BCUT2D eigenvalue weighted by molar-refractivity contribution is 9.10. The van der Waals surface area contributed by atoms with Crippen molar-refractivity contribution < 1.29 is 9.21 Å². The molecule has 170 valence electrons. The van der Waals surface area contributed by atoms with Crippen molar-refractivity contribution in [3.8, 4) is 5.69 Å². The van der Waals surface area contributed by atoms with Crippen LogP contribution in [0, 0.1) is 12.8 Å². The number of aromatic nitrogens is 3. The van der Waals surface area contributed by atoms with Gasteiger partial charge in [0.15, 0.2) is 0 Å². The number of para-hydroxylation sites is 1. The monoisotopic (exact) mass is 514 g/mol. The standard InChI is InChI=1S/C27H23BrN4O2/c1-17-10-20(28)7-8-24(17)32-16-21(29-30-32)11-19-14-31(15-19)27(33)13-18-6-9-26-23(12-18)22-4-2-3-5-25(22)34-26/h2-10,12,16,19H,11,13-15H2,1H3. The van der Waals surface area contributed by atoms with Gasteiger partial charge >= 0.3 is 0 Å². The van der Waals surface area contributed by atoms with E-state index in [1.165, 1.54) is 0 Å². The second kappa shape index (κ2) is 8.40. The first kappa shape index (κ1) is 21.1. The molecular weight excluding hydrogens is 492 g/mol. The second-order valence-corrected chi connectivity index (χ2v) is 9.98. The highest BCUT2D eigenvalue weighted by atomic mass is 79.9. The molecular formula is C27H23BrN4O2. The Kier molecular flexibility index (Phi) is 5.21. The molecule has 1 amide bonds. The fraction of sp³-hybridized carbons (Fsp3) is 0.222. The number of hydrogen-bond acceptors (Lipinski definition) is 4. The summed E-state index contributed by atoms with van der Waals surface area (Å²) in [5.74, 6) is 0.581. The number of benzene rings is 3. The third-order valence-electron chi connectivity index (χ3n) is 6.55. The maximum Gasteiger partial charge on any atom is 0.227 e. The second-order valence-electron chi connectivity index (χ2n) is 9.06. The predicted octanol–water partition coefficient (Wildman–Crippen LogP) is 5.48. The Morgan fingerprint density at radius 1 is 1.06 bits per heavy atom. The van der Waals surface area contributed by atoms with Crippen LogP contribution < -0.4 is 0 Å². The van der Waals surface area contributed by atoms with Gasteiger partial charge in [-0.3, -0.25) is 4.79 Å². The van der Waals surface area contributed by atoms with E-state index in [2.05, 4.69) is 51.4 Å². The van der Waals surface area contributed by atoms with Crippen LogP contribution in [-0.4, -0.2) is 38.9 Å². The minimum atomic E-state index is 0.164. The number of nitrogens with zero attached hydrogens (tertiary/aromatic N) is 4. The summed E-state index contributed by atoms with van der Waals surface area (Å²) in [5.41, 5.74) is 5.85. The Bertz CT molecular complexity index is 1530. The fourth-order valence-corrected chi connectivity index (χ4v) is 5.23. The molecule has 1 saturated heterocycles. The number of fused-ring (bicyclic) bond motifs is 3. The van der Waals surface area contributed by atoms with Crippen molar-refractivity contribution in [1.29, 1.82) is 0 Å². The minimum absolute atomic E-state index is 0.164. The highest BCUT2D eigenvalue weighted by Crippen LogP contribution is 2.30. The van der Waals surface area contributed by atoms with Gasteiger partial charge in [-0.1, -0.05) is 45.4 Å². The Morgan fingerprint density at radius 2 is 1.88 bits per heavy atom. The van der Waals surface area contributed by atoms with Crippen molar-refractivity contribution in [2.75, 3.05) is 13.1 Å². The van der Waals surface area contributed by atoms with E-state index < -0.39 is 0 Å². The van der Waals surface area contributed by atoms with Crippen molar-refractivity contribution in [1.82, 2.24) is 19.9 Å². The SMILES string of the molecule is Cc1cc(Br)ccc1-n1cc(CC2CN(C(=O)Cc3ccc4oc5ccccc5c4c3)C2)nn1. The van der Waals surface area contributed by atoms with E-state index >= 15 is 0 Å². The van der Waals surface area contributed by atoms with Crippen molar-refractivity contribution in [3.05, 3.63) is 88.2 Å². The van der Waals surface area contributed by atoms with Crippen LogP contribution >= 0.6 is 15.9 Å². The number of aryl methyl sites for hydroxylation is 1. The lowest BCUT2D eigenvalue weighted by molar-refractivity contribution is -0.136. The summed E-state index contributed by atoms with van der Waals surface area (Å²) in [4.78, 5) is 14.8. The predicted molar refractivity (Wildman–Crippen MR) is 135 cm³/mol. The average molecular weight is 515 g/mol. The molecule has 7 heteroatoms. The zero-order valence-electron chi connectivity index (χ0n) is 18.7. The molecule has 0 spiro atoms. The van der Waals surface area contributed by atoms with Gasteiger partial charge in [0.05, 0.1) is 24.0 Å².